The SMILES string of the molecule is CC(C)(C)[Si](Oc1ccc2c(c1)C(=O)c1ccc(O[Si](c3ccccc3)(c3ccccc3)C(C)(C)C)cc1C2=O)(c1ccccc1)c1ccccc1. The van der Waals surface area contributed by atoms with Gasteiger partial charge in [-0.1, -0.05) is 163 Å². The number of hydrogen-bond donors (Lipinski definition) is 0. The largest absolute Gasteiger partial charge is 0.534 e. The lowest BCUT2D eigenvalue weighted by atomic mass is 9.84. The van der Waals surface area contributed by atoms with Crippen molar-refractivity contribution >= 4 is 48.9 Å². The monoisotopic (exact) mass is 716 g/mol. The van der Waals surface area contributed by atoms with Gasteiger partial charge in [0, 0.05) is 22.3 Å². The van der Waals surface area contributed by atoms with E-state index in [1.165, 1.54) is 0 Å². The molecular formula is C46H44O4Si2. The van der Waals surface area contributed by atoms with E-state index in [4.69, 9.17) is 8.85 Å². The molecule has 0 aliphatic heterocycles. The highest BCUT2D eigenvalue weighted by atomic mass is 28.4. The standard InChI is InChI=1S/C46H44O4Si2/c1-45(2,3)51(35-19-11-7-12-20-35,36-21-13-8-14-22-36)49-33-27-29-39-41(31-33)43(47)40-30-28-34(32-42(40)44(39)48)50-52(46(4,5)6,37-23-15-9-16-24-37)38-25-17-10-18-26-38/h7-32H,1-6H3. The molecule has 0 unspecified atom stereocenters. The zero-order chi connectivity index (χ0) is 36.7. The fraction of sp³-hybridized carbons (Fsp3) is 0.174. The van der Waals surface area contributed by atoms with Gasteiger partial charge in [0.1, 0.15) is 11.5 Å². The molecule has 0 saturated carbocycles. The molecule has 1 aliphatic carbocycles. The quantitative estimate of drug-likeness (QED) is 0.149. The molecule has 0 heterocycles. The summed E-state index contributed by atoms with van der Waals surface area (Å²) in [4.78, 5) is 28.6. The highest BCUT2D eigenvalue weighted by Gasteiger charge is 2.53. The summed E-state index contributed by atoms with van der Waals surface area (Å²) in [6.07, 6.45) is 0. The van der Waals surface area contributed by atoms with Gasteiger partial charge in [0.15, 0.2) is 11.6 Å². The molecule has 0 aromatic heterocycles. The van der Waals surface area contributed by atoms with Crippen LogP contribution in [0, 0.1) is 0 Å². The van der Waals surface area contributed by atoms with Crippen molar-refractivity contribution < 1.29 is 18.4 Å². The average Bonchev–Trinajstić information content (AvgIpc) is 3.15. The third kappa shape index (κ3) is 5.86. The summed E-state index contributed by atoms with van der Waals surface area (Å²) in [5.41, 5.74) is 1.45. The van der Waals surface area contributed by atoms with Gasteiger partial charge in [-0.05, 0) is 67.2 Å². The van der Waals surface area contributed by atoms with Crippen LogP contribution in [0.2, 0.25) is 10.1 Å². The Morgan fingerprint density at radius 3 is 0.885 bits per heavy atom. The summed E-state index contributed by atoms with van der Waals surface area (Å²) in [6, 6.07) is 52.3. The van der Waals surface area contributed by atoms with Gasteiger partial charge < -0.3 is 8.85 Å². The molecule has 0 saturated heterocycles. The maximum atomic E-state index is 14.3. The zero-order valence-corrected chi connectivity index (χ0v) is 32.6. The van der Waals surface area contributed by atoms with Gasteiger partial charge in [-0.25, -0.2) is 0 Å². The van der Waals surface area contributed by atoms with Gasteiger partial charge in [-0.2, -0.15) is 0 Å². The normalized spacial score (nSPS) is 13.3. The molecule has 6 aromatic carbocycles. The summed E-state index contributed by atoms with van der Waals surface area (Å²) >= 11 is 0. The van der Waals surface area contributed by atoms with Crippen molar-refractivity contribution in [2.75, 3.05) is 0 Å². The van der Waals surface area contributed by atoms with E-state index in [1.807, 2.05) is 84.9 Å². The van der Waals surface area contributed by atoms with Crippen molar-refractivity contribution in [1.29, 1.82) is 0 Å². The number of ketones is 2. The number of hydrogen-bond acceptors (Lipinski definition) is 4. The molecule has 260 valence electrons. The summed E-state index contributed by atoms with van der Waals surface area (Å²) < 4.78 is 14.5. The lowest BCUT2D eigenvalue weighted by molar-refractivity contribution is 0.0979. The predicted molar refractivity (Wildman–Crippen MR) is 216 cm³/mol. The fourth-order valence-corrected chi connectivity index (χ4v) is 16.7. The Morgan fingerprint density at radius 1 is 0.365 bits per heavy atom. The minimum Gasteiger partial charge on any atom is -0.534 e. The van der Waals surface area contributed by atoms with E-state index in [2.05, 4.69) is 90.1 Å². The van der Waals surface area contributed by atoms with Gasteiger partial charge in [0.2, 0.25) is 0 Å². The van der Waals surface area contributed by atoms with E-state index in [0.29, 0.717) is 33.8 Å². The van der Waals surface area contributed by atoms with Crippen molar-refractivity contribution in [2.45, 2.75) is 51.6 Å². The van der Waals surface area contributed by atoms with Gasteiger partial charge in [0.05, 0.1) is 0 Å². The number of carbonyl (C=O) groups excluding carboxylic acids is 2. The Bertz CT molecular complexity index is 2000. The Kier molecular flexibility index (Phi) is 9.01. The first-order valence-electron chi connectivity index (χ1n) is 17.8. The summed E-state index contributed by atoms with van der Waals surface area (Å²) in [7, 11) is -5.91. The first kappa shape index (κ1) is 35.1. The Labute approximate surface area is 309 Å². The first-order chi connectivity index (χ1) is 24.9. The molecule has 0 N–H and O–H groups in total. The van der Waals surface area contributed by atoms with Gasteiger partial charge in [-0.3, -0.25) is 9.59 Å². The highest BCUT2D eigenvalue weighted by Crippen LogP contribution is 2.41. The molecule has 6 aromatic rings. The van der Waals surface area contributed by atoms with E-state index < -0.39 is 16.6 Å². The second kappa shape index (κ2) is 13.3. The van der Waals surface area contributed by atoms with Crippen LogP contribution in [0.3, 0.4) is 0 Å². The van der Waals surface area contributed by atoms with Crippen LogP contribution in [0.25, 0.3) is 0 Å². The molecule has 0 atom stereocenters. The van der Waals surface area contributed by atoms with Gasteiger partial charge in [0.25, 0.3) is 0 Å². The molecule has 0 amide bonds. The molecule has 1 aliphatic rings. The predicted octanol–water partition coefficient (Wildman–Crippen LogP) is 8.34. The lowest BCUT2D eigenvalue weighted by Crippen LogP contribution is -2.68. The Morgan fingerprint density at radius 2 is 0.635 bits per heavy atom. The molecule has 7 rings (SSSR count). The summed E-state index contributed by atoms with van der Waals surface area (Å²) in [5.74, 6) is 0.748. The van der Waals surface area contributed by atoms with Crippen LogP contribution in [0.4, 0.5) is 0 Å². The number of fused-ring (bicyclic) bond motifs is 2. The van der Waals surface area contributed by atoms with Crippen molar-refractivity contribution in [1.82, 2.24) is 0 Å². The van der Waals surface area contributed by atoms with Crippen molar-refractivity contribution in [3.8, 4) is 11.5 Å². The van der Waals surface area contributed by atoms with Crippen molar-refractivity contribution in [3.63, 3.8) is 0 Å². The number of rotatable bonds is 8. The van der Waals surface area contributed by atoms with Crippen LogP contribution < -0.4 is 29.6 Å². The van der Waals surface area contributed by atoms with Gasteiger partial charge >= 0.3 is 16.6 Å². The van der Waals surface area contributed by atoms with E-state index >= 15 is 0 Å². The number of carbonyl (C=O) groups is 2. The molecule has 4 nitrogen and oxygen atoms in total. The maximum Gasteiger partial charge on any atom is 0.319 e. The van der Waals surface area contributed by atoms with Crippen LogP contribution in [-0.2, 0) is 0 Å². The first-order valence-corrected chi connectivity index (χ1v) is 21.7. The topological polar surface area (TPSA) is 52.6 Å². The Hall–Kier alpha value is -5.31. The van der Waals surface area contributed by atoms with Crippen molar-refractivity contribution in [2.24, 2.45) is 0 Å². The van der Waals surface area contributed by atoms with Crippen LogP contribution in [0.15, 0.2) is 158 Å². The van der Waals surface area contributed by atoms with E-state index in [9.17, 15) is 9.59 Å². The third-order valence-electron chi connectivity index (χ3n) is 10.3. The Balaban J connectivity index is 1.29. The molecule has 0 bridgehead atoms. The van der Waals surface area contributed by atoms with Crippen LogP contribution >= 0.6 is 0 Å². The van der Waals surface area contributed by atoms with Gasteiger partial charge in [-0.15, -0.1) is 0 Å². The van der Waals surface area contributed by atoms with Crippen LogP contribution in [0.1, 0.15) is 73.4 Å². The second-order valence-corrected chi connectivity index (χ2v) is 24.0. The van der Waals surface area contributed by atoms with Crippen molar-refractivity contribution in [3.05, 3.63) is 180 Å². The summed E-state index contributed by atoms with van der Waals surface area (Å²) in [5, 5.41) is 4.00. The molecule has 0 fully saturated rings. The molecule has 52 heavy (non-hydrogen) atoms. The van der Waals surface area contributed by atoms with E-state index in [1.54, 1.807) is 24.3 Å². The molecular weight excluding hydrogens is 673 g/mol. The average molecular weight is 717 g/mol. The van der Waals surface area contributed by atoms with E-state index in [-0.39, 0.29) is 21.6 Å². The molecule has 0 spiro atoms. The number of benzene rings is 6. The minimum absolute atomic E-state index is 0.200. The highest BCUT2D eigenvalue weighted by molar-refractivity contribution is 7.00. The molecule has 0 radical (unpaired) electrons. The van der Waals surface area contributed by atoms with E-state index in [0.717, 1.165) is 20.7 Å². The summed E-state index contributed by atoms with van der Waals surface area (Å²) in [6.45, 7) is 13.3. The molecule has 6 heteroatoms. The fourth-order valence-electron chi connectivity index (χ4n) is 7.89. The smallest absolute Gasteiger partial charge is 0.319 e. The second-order valence-electron chi connectivity index (χ2n) is 15.6. The van der Waals surface area contributed by atoms with Crippen LogP contribution in [0.5, 0.6) is 11.5 Å². The van der Waals surface area contributed by atoms with Crippen LogP contribution in [-0.4, -0.2) is 28.2 Å². The maximum absolute atomic E-state index is 14.3. The zero-order valence-electron chi connectivity index (χ0n) is 30.6. The lowest BCUT2D eigenvalue weighted by Gasteiger charge is -2.43. The minimum atomic E-state index is -2.96. The third-order valence-corrected chi connectivity index (χ3v) is 20.2.